The second-order valence-electron chi connectivity index (χ2n) is 7.71. The van der Waals surface area contributed by atoms with Gasteiger partial charge in [0.05, 0.1) is 18.4 Å². The maximum Gasteiger partial charge on any atom is 0.341 e. The third-order valence-corrected chi connectivity index (χ3v) is 7.28. The molecule has 1 heterocycles. The van der Waals surface area contributed by atoms with Gasteiger partial charge in [-0.25, -0.2) is 4.79 Å². The lowest BCUT2D eigenvalue weighted by Crippen LogP contribution is -2.17. The van der Waals surface area contributed by atoms with E-state index in [2.05, 4.69) is 17.6 Å². The fourth-order valence-corrected chi connectivity index (χ4v) is 5.75. The quantitative estimate of drug-likeness (QED) is 0.421. The molecular formula is C23H28N2O4S2. The van der Waals surface area contributed by atoms with Crippen LogP contribution in [-0.2, 0) is 27.2 Å². The first-order chi connectivity index (χ1) is 14.9. The Hall–Kier alpha value is -2.32. The molecular weight excluding hydrogens is 432 g/mol. The van der Waals surface area contributed by atoms with Crippen molar-refractivity contribution in [2.75, 3.05) is 23.5 Å². The third kappa shape index (κ3) is 6.11. The monoisotopic (exact) mass is 460 g/mol. The van der Waals surface area contributed by atoms with Gasteiger partial charge in [0.1, 0.15) is 5.00 Å². The Labute approximate surface area is 191 Å². The van der Waals surface area contributed by atoms with Crippen molar-refractivity contribution in [3.05, 3.63) is 40.3 Å². The van der Waals surface area contributed by atoms with Gasteiger partial charge in [0.2, 0.25) is 11.8 Å². The van der Waals surface area contributed by atoms with Crippen molar-refractivity contribution in [1.82, 2.24) is 0 Å². The third-order valence-electron chi connectivity index (χ3n) is 5.12. The number of thioether (sulfide) groups is 1. The van der Waals surface area contributed by atoms with Crippen LogP contribution >= 0.6 is 23.1 Å². The number of thiophene rings is 1. The van der Waals surface area contributed by atoms with Gasteiger partial charge in [-0.15, -0.1) is 23.1 Å². The Bertz CT molecular complexity index is 970. The predicted molar refractivity (Wildman–Crippen MR) is 126 cm³/mol. The van der Waals surface area contributed by atoms with E-state index in [1.165, 1.54) is 30.2 Å². The topological polar surface area (TPSA) is 84.5 Å². The summed E-state index contributed by atoms with van der Waals surface area (Å²) in [6.07, 6.45) is 4.05. The Morgan fingerprint density at radius 3 is 2.77 bits per heavy atom. The number of anilines is 2. The summed E-state index contributed by atoms with van der Waals surface area (Å²) in [4.78, 5) is 38.8. The van der Waals surface area contributed by atoms with Gasteiger partial charge in [-0.2, -0.15) is 0 Å². The van der Waals surface area contributed by atoms with Gasteiger partial charge >= 0.3 is 5.97 Å². The van der Waals surface area contributed by atoms with Crippen molar-refractivity contribution in [3.63, 3.8) is 0 Å². The molecule has 2 aromatic rings. The second-order valence-corrected chi connectivity index (χ2v) is 9.86. The van der Waals surface area contributed by atoms with Gasteiger partial charge in [0.15, 0.2) is 0 Å². The Balaban J connectivity index is 1.65. The summed E-state index contributed by atoms with van der Waals surface area (Å²) in [5.41, 5.74) is 2.25. The van der Waals surface area contributed by atoms with E-state index in [1.807, 2.05) is 31.2 Å². The molecule has 0 saturated heterocycles. The van der Waals surface area contributed by atoms with E-state index in [0.717, 1.165) is 46.7 Å². The summed E-state index contributed by atoms with van der Waals surface area (Å²) in [7, 11) is 1.37. The van der Waals surface area contributed by atoms with Crippen LogP contribution in [0.25, 0.3) is 0 Å². The molecule has 0 saturated carbocycles. The highest BCUT2D eigenvalue weighted by Crippen LogP contribution is 2.40. The van der Waals surface area contributed by atoms with E-state index in [1.54, 1.807) is 0 Å². The van der Waals surface area contributed by atoms with Gasteiger partial charge < -0.3 is 15.4 Å². The molecule has 1 aliphatic rings. The van der Waals surface area contributed by atoms with Crippen molar-refractivity contribution in [1.29, 1.82) is 0 Å². The first-order valence-corrected chi connectivity index (χ1v) is 12.3. The molecule has 0 aliphatic heterocycles. The number of carbonyl (C=O) groups is 3. The number of benzene rings is 1. The normalized spacial score (nSPS) is 15.1. The van der Waals surface area contributed by atoms with Crippen LogP contribution in [0.15, 0.2) is 29.2 Å². The van der Waals surface area contributed by atoms with Gasteiger partial charge in [-0.3, -0.25) is 9.59 Å². The van der Waals surface area contributed by atoms with Gasteiger partial charge in [0.25, 0.3) is 0 Å². The maximum absolute atomic E-state index is 12.6. The number of rotatable bonds is 8. The molecule has 0 radical (unpaired) electrons. The summed E-state index contributed by atoms with van der Waals surface area (Å²) in [5, 5.41) is 6.37. The number of methoxy groups -OCH3 is 1. The van der Waals surface area contributed by atoms with Crippen LogP contribution in [0.4, 0.5) is 10.7 Å². The molecule has 1 aromatic heterocycles. The zero-order valence-electron chi connectivity index (χ0n) is 18.1. The SMILES string of the molecule is CCCC(=O)Nc1cccc(SCC(=O)Nc2sc3c(c2C(=O)OC)CCC(C)C3)c1. The number of amides is 2. The summed E-state index contributed by atoms with van der Waals surface area (Å²) in [6.45, 7) is 4.16. The minimum Gasteiger partial charge on any atom is -0.465 e. The highest BCUT2D eigenvalue weighted by molar-refractivity contribution is 8.00. The number of hydrogen-bond donors (Lipinski definition) is 2. The fourth-order valence-electron chi connectivity index (χ4n) is 3.58. The minimum absolute atomic E-state index is 0.0197. The number of carbonyl (C=O) groups excluding carboxylic acids is 3. The molecule has 2 N–H and O–H groups in total. The van der Waals surface area contributed by atoms with E-state index in [0.29, 0.717) is 22.9 Å². The number of ether oxygens (including phenoxy) is 1. The van der Waals surface area contributed by atoms with E-state index < -0.39 is 5.97 Å². The summed E-state index contributed by atoms with van der Waals surface area (Å²) < 4.78 is 4.98. The van der Waals surface area contributed by atoms with E-state index in [4.69, 9.17) is 4.74 Å². The molecule has 166 valence electrons. The predicted octanol–water partition coefficient (Wildman–Crippen LogP) is 5.13. The molecule has 0 spiro atoms. The molecule has 1 unspecified atom stereocenters. The first kappa shape index (κ1) is 23.3. The van der Waals surface area contributed by atoms with Crippen LogP contribution in [0, 0.1) is 5.92 Å². The average Bonchev–Trinajstić information content (AvgIpc) is 3.08. The smallest absolute Gasteiger partial charge is 0.341 e. The Morgan fingerprint density at radius 1 is 1.23 bits per heavy atom. The van der Waals surface area contributed by atoms with Crippen molar-refractivity contribution in [2.45, 2.75) is 50.8 Å². The summed E-state index contributed by atoms with van der Waals surface area (Å²) in [5.74, 6) is 0.175. The standard InChI is InChI=1S/C23H28N2O4S2/c1-4-6-19(26)24-15-7-5-8-16(12-15)30-13-20(27)25-22-21(23(28)29-3)17-10-9-14(2)11-18(17)31-22/h5,7-8,12,14H,4,6,9-11,13H2,1-3H3,(H,24,26)(H,25,27). The van der Waals surface area contributed by atoms with Crippen LogP contribution in [0.3, 0.4) is 0 Å². The molecule has 1 atom stereocenters. The molecule has 3 rings (SSSR count). The minimum atomic E-state index is -0.398. The largest absolute Gasteiger partial charge is 0.465 e. The van der Waals surface area contributed by atoms with Crippen molar-refractivity contribution < 1.29 is 19.1 Å². The lowest BCUT2D eigenvalue weighted by molar-refractivity contribution is -0.116. The van der Waals surface area contributed by atoms with Crippen LogP contribution < -0.4 is 10.6 Å². The molecule has 31 heavy (non-hydrogen) atoms. The zero-order chi connectivity index (χ0) is 22.4. The molecule has 8 heteroatoms. The van der Waals surface area contributed by atoms with Crippen LogP contribution in [0.5, 0.6) is 0 Å². The van der Waals surface area contributed by atoms with E-state index in [9.17, 15) is 14.4 Å². The van der Waals surface area contributed by atoms with Crippen molar-refractivity contribution in [3.8, 4) is 0 Å². The van der Waals surface area contributed by atoms with Crippen molar-refractivity contribution >= 4 is 51.6 Å². The van der Waals surface area contributed by atoms with Gasteiger partial charge in [-0.05, 0) is 55.4 Å². The number of fused-ring (bicyclic) bond motifs is 1. The Kier molecular flexibility index (Phi) is 8.15. The van der Waals surface area contributed by atoms with Crippen LogP contribution in [0.1, 0.15) is 53.9 Å². The highest BCUT2D eigenvalue weighted by Gasteiger charge is 2.28. The number of hydrogen-bond acceptors (Lipinski definition) is 6. The van der Waals surface area contributed by atoms with Gasteiger partial charge in [0, 0.05) is 21.9 Å². The maximum atomic E-state index is 12.6. The Morgan fingerprint density at radius 2 is 2.03 bits per heavy atom. The van der Waals surface area contributed by atoms with E-state index >= 15 is 0 Å². The molecule has 6 nitrogen and oxygen atoms in total. The van der Waals surface area contributed by atoms with E-state index in [-0.39, 0.29) is 17.6 Å². The molecule has 0 bridgehead atoms. The lowest BCUT2D eigenvalue weighted by Gasteiger charge is -2.18. The molecule has 0 fully saturated rings. The second kappa shape index (κ2) is 10.8. The fraction of sp³-hybridized carbons (Fsp3) is 0.435. The van der Waals surface area contributed by atoms with Crippen molar-refractivity contribution in [2.24, 2.45) is 5.92 Å². The summed E-state index contributed by atoms with van der Waals surface area (Å²) >= 11 is 2.87. The molecule has 1 aliphatic carbocycles. The van der Waals surface area contributed by atoms with Crippen LogP contribution in [0.2, 0.25) is 0 Å². The van der Waals surface area contributed by atoms with Gasteiger partial charge in [-0.1, -0.05) is 19.9 Å². The summed E-state index contributed by atoms with van der Waals surface area (Å²) in [6, 6.07) is 7.44. The molecule has 2 amide bonds. The number of nitrogens with one attached hydrogen (secondary N) is 2. The zero-order valence-corrected chi connectivity index (χ0v) is 19.7. The molecule has 1 aromatic carbocycles. The number of esters is 1. The average molecular weight is 461 g/mol. The lowest BCUT2D eigenvalue weighted by atomic mass is 9.88. The first-order valence-electron chi connectivity index (χ1n) is 10.5. The highest BCUT2D eigenvalue weighted by atomic mass is 32.2. The van der Waals surface area contributed by atoms with Crippen LogP contribution in [-0.4, -0.2) is 30.6 Å².